The minimum Gasteiger partial charge on any atom is -0.341 e. The Morgan fingerprint density at radius 3 is 1.42 bits per heavy atom. The van der Waals surface area contributed by atoms with Crippen molar-refractivity contribution in [1.29, 1.82) is 0 Å². The minimum absolute atomic E-state index is 1.04. The molecule has 4 heteroatoms. The van der Waals surface area contributed by atoms with E-state index in [9.17, 15) is 0 Å². The first-order chi connectivity index (χ1) is 36.6. The number of fused-ring (bicyclic) bond motifs is 9. The molecule has 2 aliphatic heterocycles. The summed E-state index contributed by atoms with van der Waals surface area (Å²) in [5, 5.41) is 16.8. The van der Waals surface area contributed by atoms with E-state index >= 15 is 0 Å². The molecule has 0 amide bonds. The predicted molar refractivity (Wildman–Crippen MR) is 316 cm³/mol. The molecule has 16 rings (SSSR count). The molecule has 0 saturated heterocycles. The fourth-order valence-electron chi connectivity index (χ4n) is 13.4. The van der Waals surface area contributed by atoms with Crippen molar-refractivity contribution in [2.75, 3.05) is 33.7 Å². The summed E-state index contributed by atoms with van der Waals surface area (Å²) in [5.41, 5.74) is 17.9. The van der Waals surface area contributed by atoms with E-state index in [1.54, 1.807) is 0 Å². The first-order valence-electron chi connectivity index (χ1n) is 25.9. The molecule has 0 spiro atoms. The molecule has 0 radical (unpaired) electrons. The second kappa shape index (κ2) is 15.6. The average Bonchev–Trinajstić information content (AvgIpc) is 3.51. The highest BCUT2D eigenvalue weighted by Gasteiger charge is 2.31. The Morgan fingerprint density at radius 2 is 0.811 bits per heavy atom. The van der Waals surface area contributed by atoms with Gasteiger partial charge in [-0.25, -0.2) is 0 Å². The summed E-state index contributed by atoms with van der Waals surface area (Å²) in [5.74, 6) is 0. The van der Waals surface area contributed by atoms with Crippen LogP contribution in [0.1, 0.15) is 12.0 Å². The van der Waals surface area contributed by atoms with Gasteiger partial charge >= 0.3 is 0 Å². The van der Waals surface area contributed by atoms with Crippen LogP contribution in [-0.2, 0) is 6.42 Å². The van der Waals surface area contributed by atoms with Gasteiger partial charge < -0.3 is 19.6 Å². The molecule has 0 atom stereocenters. The lowest BCUT2D eigenvalue weighted by atomic mass is 9.81. The normalized spacial score (nSPS) is 13.7. The van der Waals surface area contributed by atoms with Crippen LogP contribution in [0.4, 0.5) is 56.9 Å². The van der Waals surface area contributed by atoms with Crippen molar-refractivity contribution in [1.82, 2.24) is 0 Å². The topological polar surface area (TPSA) is 13.0 Å². The smallest absolute Gasteiger partial charge is 0.0699 e. The third-order valence-corrected chi connectivity index (χ3v) is 16.7. The quantitative estimate of drug-likeness (QED) is 0.129. The van der Waals surface area contributed by atoms with Crippen molar-refractivity contribution in [3.8, 4) is 22.3 Å². The van der Waals surface area contributed by atoms with Gasteiger partial charge in [0.1, 0.15) is 0 Å². The summed E-state index contributed by atoms with van der Waals surface area (Å²) in [6, 6.07) is 84.5. The summed E-state index contributed by atoms with van der Waals surface area (Å²) in [6.07, 6.45) is 4.52. The standard InChI is InChI=1S/C70H48N4/c1-71-59-24-5-9-28-63(59)73(64-29-10-6-25-60(64)71)47-35-37-56-57(41-47)68(46-33-32-43-16-3-4-17-45(43)40-46)55-36-34-48(74-65-30-11-7-26-61(65)72(2)62-27-8-12-31-66(62)74)42-58(55)70(56)54-39-38-53-50-21-14-19-44-18-13-20-49(67(44)50)51-22-15-23-52(54)69(51)53/h3-13,15-20,22-42H,14,21H2,1-2H3. The van der Waals surface area contributed by atoms with Crippen LogP contribution in [0.15, 0.2) is 224 Å². The summed E-state index contributed by atoms with van der Waals surface area (Å²) in [6.45, 7) is 0. The van der Waals surface area contributed by atoms with Crippen LogP contribution in [-0.4, -0.2) is 14.1 Å². The van der Waals surface area contributed by atoms with E-state index in [1.165, 1.54) is 120 Å². The number of hydrogen-bond donors (Lipinski definition) is 0. The number of anilines is 10. The highest BCUT2D eigenvalue weighted by molar-refractivity contribution is 6.30. The van der Waals surface area contributed by atoms with Crippen molar-refractivity contribution < 1.29 is 0 Å². The lowest BCUT2D eigenvalue weighted by molar-refractivity contribution is 1.05. The highest BCUT2D eigenvalue weighted by atomic mass is 15.3. The number of hydrogen-bond acceptors (Lipinski definition) is 4. The van der Waals surface area contributed by atoms with Crippen LogP contribution in [0.5, 0.6) is 0 Å². The van der Waals surface area contributed by atoms with Gasteiger partial charge in [0.05, 0.1) is 45.5 Å². The Kier molecular flexibility index (Phi) is 8.68. The second-order valence-electron chi connectivity index (χ2n) is 20.4. The molecule has 0 unspecified atom stereocenters. The number of rotatable bonds is 4. The van der Waals surface area contributed by atoms with E-state index in [0.717, 1.165) is 47.0 Å². The Hall–Kier alpha value is -9.38. The molecule has 0 N–H and O–H groups in total. The molecule has 74 heavy (non-hydrogen) atoms. The van der Waals surface area contributed by atoms with Crippen molar-refractivity contribution >= 4 is 128 Å². The van der Waals surface area contributed by atoms with Crippen LogP contribution in [0.3, 0.4) is 0 Å². The Balaban J connectivity index is 1.06. The largest absolute Gasteiger partial charge is 0.341 e. The highest BCUT2D eigenvalue weighted by Crippen LogP contribution is 2.56. The van der Waals surface area contributed by atoms with Crippen molar-refractivity contribution in [2.45, 2.75) is 12.8 Å². The molecule has 2 heterocycles. The van der Waals surface area contributed by atoms with E-state index < -0.39 is 0 Å². The molecule has 1 aliphatic carbocycles. The fourth-order valence-corrected chi connectivity index (χ4v) is 13.4. The lowest BCUT2D eigenvalue weighted by Gasteiger charge is -2.39. The minimum atomic E-state index is 1.04. The molecule has 13 aromatic rings. The first-order valence-corrected chi connectivity index (χ1v) is 25.9. The van der Waals surface area contributed by atoms with Crippen LogP contribution in [0.25, 0.3) is 93.0 Å². The van der Waals surface area contributed by atoms with E-state index in [1.807, 2.05) is 0 Å². The number of aryl methyl sites for hydroxylation is 1. The third kappa shape index (κ3) is 5.73. The Bertz CT molecular complexity index is 4530. The number of nitrogens with zero attached hydrogens (tertiary/aromatic N) is 4. The fraction of sp³-hybridized carbons (Fsp3) is 0.0571. The zero-order valence-electron chi connectivity index (χ0n) is 41.1. The number of benzene rings is 13. The van der Waals surface area contributed by atoms with Gasteiger partial charge in [-0.1, -0.05) is 152 Å². The summed E-state index contributed by atoms with van der Waals surface area (Å²) in [4.78, 5) is 9.59. The van der Waals surface area contributed by atoms with Gasteiger partial charge in [-0.2, -0.15) is 0 Å². The van der Waals surface area contributed by atoms with Crippen LogP contribution >= 0.6 is 0 Å². The maximum atomic E-state index is 2.50. The van der Waals surface area contributed by atoms with Crippen LogP contribution < -0.4 is 24.8 Å². The molecule has 348 valence electrons. The molecule has 0 bridgehead atoms. The molecular weight excluding hydrogens is 897 g/mol. The maximum absolute atomic E-state index is 2.50. The first kappa shape index (κ1) is 41.3. The van der Waals surface area contributed by atoms with Gasteiger partial charge in [-0.3, -0.25) is 0 Å². The zero-order chi connectivity index (χ0) is 48.8. The van der Waals surface area contributed by atoms with Gasteiger partial charge in [0.15, 0.2) is 0 Å². The zero-order valence-corrected chi connectivity index (χ0v) is 41.1. The van der Waals surface area contributed by atoms with E-state index in [2.05, 4.69) is 264 Å². The van der Waals surface area contributed by atoms with Crippen LogP contribution in [0.2, 0.25) is 0 Å². The molecule has 13 aromatic carbocycles. The van der Waals surface area contributed by atoms with E-state index in [4.69, 9.17) is 0 Å². The lowest BCUT2D eigenvalue weighted by Crippen LogP contribution is -2.24. The predicted octanol–water partition coefficient (Wildman–Crippen LogP) is 18.5. The third-order valence-electron chi connectivity index (χ3n) is 16.7. The molecule has 0 aromatic heterocycles. The van der Waals surface area contributed by atoms with Crippen molar-refractivity contribution in [2.24, 2.45) is 0 Å². The SMILES string of the molecule is CN1c2ccccc2N(c2ccc3c(-c4ccc5c6c7c(cccc7c7cccc4c57)=CCC6)c4cc(N5c6ccccc6N(C)c6ccccc65)ccc4c(-c4ccc5ccccc5c4)c3c2)c2ccccc21. The Labute approximate surface area is 429 Å². The monoisotopic (exact) mass is 944 g/mol. The van der Waals surface area contributed by atoms with E-state index in [-0.39, 0.29) is 0 Å². The molecule has 4 nitrogen and oxygen atoms in total. The maximum Gasteiger partial charge on any atom is 0.0699 e. The summed E-state index contributed by atoms with van der Waals surface area (Å²) < 4.78 is 0. The van der Waals surface area contributed by atoms with E-state index in [0.29, 0.717) is 0 Å². The van der Waals surface area contributed by atoms with Gasteiger partial charge in [0, 0.05) is 25.5 Å². The second-order valence-corrected chi connectivity index (χ2v) is 20.4. The summed E-state index contributed by atoms with van der Waals surface area (Å²) >= 11 is 0. The van der Waals surface area contributed by atoms with Gasteiger partial charge in [0.25, 0.3) is 0 Å². The molecule has 0 saturated carbocycles. The summed E-state index contributed by atoms with van der Waals surface area (Å²) in [7, 11) is 4.37. The average molecular weight is 945 g/mol. The molecule has 3 aliphatic rings. The molecular formula is C70H48N4. The van der Waals surface area contributed by atoms with Crippen molar-refractivity contribution in [3.05, 3.63) is 235 Å². The van der Waals surface area contributed by atoms with Crippen LogP contribution in [0, 0.1) is 0 Å². The van der Waals surface area contributed by atoms with Gasteiger partial charge in [0.2, 0.25) is 0 Å². The Morgan fingerprint density at radius 1 is 0.324 bits per heavy atom. The molecule has 0 fully saturated rings. The van der Waals surface area contributed by atoms with Crippen molar-refractivity contribution in [3.63, 3.8) is 0 Å². The van der Waals surface area contributed by atoms with Gasteiger partial charge in [-0.15, -0.1) is 0 Å². The number of para-hydroxylation sites is 8. The van der Waals surface area contributed by atoms with Gasteiger partial charge in [-0.05, 0) is 189 Å².